The highest BCUT2D eigenvalue weighted by molar-refractivity contribution is 7.79. The number of benzene rings is 4. The zero-order valence-corrected chi connectivity index (χ0v) is 31.4. The maximum absolute atomic E-state index is 12.5. The molecule has 0 atom stereocenters. The van der Waals surface area contributed by atoms with E-state index in [0.717, 1.165) is 33.1 Å². The maximum atomic E-state index is 12.5. The van der Waals surface area contributed by atoms with E-state index in [4.69, 9.17) is 22.6 Å². The molecule has 3 N–H and O–H groups in total. The van der Waals surface area contributed by atoms with Crippen LogP contribution in [-0.4, -0.2) is 74.2 Å². The molecule has 0 saturated heterocycles. The molecule has 0 aromatic heterocycles. The summed E-state index contributed by atoms with van der Waals surface area (Å²) in [5, 5.41) is 8.76. The van der Waals surface area contributed by atoms with Crippen molar-refractivity contribution in [1.29, 1.82) is 0 Å². The quantitative estimate of drug-likeness (QED) is 0.154. The number of rotatable bonds is 3. The van der Waals surface area contributed by atoms with Crippen molar-refractivity contribution >= 4 is 56.8 Å². The van der Waals surface area contributed by atoms with Gasteiger partial charge in [0.1, 0.15) is 6.73 Å². The third kappa shape index (κ3) is 7.82. The molecule has 4 aliphatic rings. The van der Waals surface area contributed by atoms with Gasteiger partial charge in [0, 0.05) is 22.3 Å². The van der Waals surface area contributed by atoms with Gasteiger partial charge < -0.3 is 5.11 Å². The Hall–Kier alpha value is -5.67. The normalized spacial score (nSPS) is 16.8. The SMILES string of the molecule is CC1=Nc2ccc(CN3C(=O)c4ccccc4C3=O)cc2C1(C)C.CC1=Nc2ccccc2C1(C)C.O=C1c2ccccc2C(=O)N1CO.O=S(=O)(O)O. The van der Waals surface area contributed by atoms with Crippen LogP contribution in [0.1, 0.15) is 99.7 Å². The average molecular weight is 753 g/mol. The second-order valence-corrected chi connectivity index (χ2v) is 14.8. The molecule has 13 nitrogen and oxygen atoms in total. The largest absolute Gasteiger partial charge is 0.394 e. The van der Waals surface area contributed by atoms with E-state index in [0.29, 0.717) is 22.3 Å². The van der Waals surface area contributed by atoms with Gasteiger partial charge in [-0.1, -0.05) is 82.3 Å². The first-order valence-electron chi connectivity index (χ1n) is 16.8. The van der Waals surface area contributed by atoms with E-state index in [2.05, 4.69) is 68.9 Å². The fraction of sp³-hybridized carbons (Fsp3) is 0.250. The predicted molar refractivity (Wildman–Crippen MR) is 203 cm³/mol. The first-order valence-corrected chi connectivity index (χ1v) is 18.2. The van der Waals surface area contributed by atoms with Crippen LogP contribution in [0.3, 0.4) is 0 Å². The van der Waals surface area contributed by atoms with Crippen LogP contribution in [0.4, 0.5) is 11.4 Å². The molecule has 280 valence electrons. The maximum Gasteiger partial charge on any atom is 0.394 e. The fourth-order valence-corrected chi connectivity index (χ4v) is 6.34. The Bertz CT molecular complexity index is 2290. The highest BCUT2D eigenvalue weighted by Gasteiger charge is 2.37. The first kappa shape index (κ1) is 39.5. The van der Waals surface area contributed by atoms with Crippen LogP contribution >= 0.6 is 0 Å². The van der Waals surface area contributed by atoms with Crippen molar-refractivity contribution in [3.63, 3.8) is 0 Å². The Morgan fingerprint density at radius 2 is 0.944 bits per heavy atom. The number of nitrogens with zero attached hydrogens (tertiary/aromatic N) is 4. The van der Waals surface area contributed by atoms with Crippen LogP contribution in [0.5, 0.6) is 0 Å². The van der Waals surface area contributed by atoms with Crippen molar-refractivity contribution in [2.75, 3.05) is 6.73 Å². The number of aliphatic hydroxyl groups is 1. The molecule has 0 aliphatic carbocycles. The number of hydrogen-bond acceptors (Lipinski definition) is 9. The lowest BCUT2D eigenvalue weighted by atomic mass is 9.81. The van der Waals surface area contributed by atoms with Crippen LogP contribution < -0.4 is 0 Å². The van der Waals surface area contributed by atoms with Crippen molar-refractivity contribution in [2.45, 2.75) is 58.9 Å². The number of aliphatic hydroxyl groups excluding tert-OH is 1. The summed E-state index contributed by atoms with van der Waals surface area (Å²) < 4.78 is 31.6. The van der Waals surface area contributed by atoms with Gasteiger partial charge in [0.05, 0.1) is 40.2 Å². The van der Waals surface area contributed by atoms with Crippen LogP contribution in [0, 0.1) is 0 Å². The third-order valence-electron chi connectivity index (χ3n) is 9.94. The van der Waals surface area contributed by atoms with Gasteiger partial charge in [-0.05, 0) is 66.9 Å². The molecular formula is C40H40N4O9S. The van der Waals surface area contributed by atoms with E-state index in [-0.39, 0.29) is 29.2 Å². The van der Waals surface area contributed by atoms with E-state index in [1.54, 1.807) is 48.5 Å². The van der Waals surface area contributed by atoms with Crippen molar-refractivity contribution in [2.24, 2.45) is 9.98 Å². The van der Waals surface area contributed by atoms with Crippen LogP contribution in [-0.2, 0) is 27.8 Å². The minimum atomic E-state index is -4.67. The topological polar surface area (TPSA) is 194 Å². The minimum absolute atomic E-state index is 0.118. The predicted octanol–water partition coefficient (Wildman–Crippen LogP) is 6.52. The first-order chi connectivity index (χ1) is 25.3. The van der Waals surface area contributed by atoms with Crippen molar-refractivity contribution in [1.82, 2.24) is 9.80 Å². The molecule has 4 amide bonds. The number of fused-ring (bicyclic) bond motifs is 4. The van der Waals surface area contributed by atoms with Gasteiger partial charge in [0.2, 0.25) is 0 Å². The second kappa shape index (κ2) is 15.0. The zero-order valence-electron chi connectivity index (χ0n) is 30.6. The fourth-order valence-electron chi connectivity index (χ4n) is 6.34. The second-order valence-electron chi connectivity index (χ2n) is 13.9. The molecule has 4 aromatic carbocycles. The minimum Gasteiger partial charge on any atom is -0.376 e. The smallest absolute Gasteiger partial charge is 0.376 e. The van der Waals surface area contributed by atoms with E-state index >= 15 is 0 Å². The van der Waals surface area contributed by atoms with Crippen molar-refractivity contribution in [3.05, 3.63) is 130 Å². The zero-order chi connectivity index (χ0) is 39.7. The lowest BCUT2D eigenvalue weighted by Crippen LogP contribution is -2.30. The Morgan fingerprint density at radius 3 is 1.37 bits per heavy atom. The van der Waals surface area contributed by atoms with Crippen molar-refractivity contribution < 1.29 is 41.8 Å². The molecule has 8 rings (SSSR count). The molecule has 0 unspecified atom stereocenters. The Balaban J connectivity index is 0.000000158. The average Bonchev–Trinajstić information content (AvgIpc) is 3.70. The molecule has 4 aliphatic heterocycles. The van der Waals surface area contributed by atoms with Crippen LogP contribution in [0.15, 0.2) is 101 Å². The van der Waals surface area contributed by atoms with Gasteiger partial charge in [0.25, 0.3) is 23.6 Å². The summed E-state index contributed by atoms with van der Waals surface area (Å²) in [7, 11) is -4.67. The Labute approximate surface area is 313 Å². The molecule has 0 spiro atoms. The van der Waals surface area contributed by atoms with E-state index < -0.39 is 28.9 Å². The lowest BCUT2D eigenvalue weighted by Gasteiger charge is -2.21. The number of carbonyl (C=O) groups excluding carboxylic acids is 4. The summed E-state index contributed by atoms with van der Waals surface area (Å²) in [6.07, 6.45) is 0. The number of imide groups is 2. The van der Waals surface area contributed by atoms with E-state index in [9.17, 15) is 19.2 Å². The highest BCUT2D eigenvalue weighted by atomic mass is 32.3. The number of amides is 4. The standard InChI is InChI=1S/C20H18N2O2.C11H13N.C9H7NO3.H2O4S/c1-12-20(2,3)16-10-13(8-9-17(16)21-12)11-22-18(23)14-6-4-5-7-15(14)19(22)24;1-8-11(2,3)9-6-4-5-7-10(9)12-8;11-5-10-8(12)6-3-1-2-4-7(6)9(10)13;1-5(2,3)4/h4-10H,11H2,1-3H3;4-7H,1-3H3;1-4,11H,5H2;(H2,1,2,3,4). The molecule has 4 heterocycles. The Morgan fingerprint density at radius 1 is 0.574 bits per heavy atom. The molecular weight excluding hydrogens is 713 g/mol. The number of carbonyl (C=O) groups is 4. The van der Waals surface area contributed by atoms with Gasteiger partial charge in [-0.15, -0.1) is 0 Å². The summed E-state index contributed by atoms with van der Waals surface area (Å²) in [4.78, 5) is 59.0. The van der Waals surface area contributed by atoms with Gasteiger partial charge in [-0.25, -0.2) is 0 Å². The molecule has 0 bridgehead atoms. The number of hydrogen-bond donors (Lipinski definition) is 3. The summed E-state index contributed by atoms with van der Waals surface area (Å²) in [6, 6.07) is 27.8. The summed E-state index contributed by atoms with van der Waals surface area (Å²) in [5.74, 6) is -1.29. The third-order valence-corrected chi connectivity index (χ3v) is 9.94. The van der Waals surface area contributed by atoms with Gasteiger partial charge in [-0.3, -0.25) is 48.1 Å². The van der Waals surface area contributed by atoms with Crippen LogP contribution in [0.2, 0.25) is 0 Å². The lowest BCUT2D eigenvalue weighted by molar-refractivity contribution is 0.0488. The molecule has 0 radical (unpaired) electrons. The van der Waals surface area contributed by atoms with Gasteiger partial charge in [0.15, 0.2) is 0 Å². The van der Waals surface area contributed by atoms with Gasteiger partial charge in [-0.2, -0.15) is 8.42 Å². The van der Waals surface area contributed by atoms with Crippen molar-refractivity contribution in [3.8, 4) is 0 Å². The molecule has 0 fully saturated rings. The molecule has 14 heteroatoms. The number of para-hydroxylation sites is 1. The molecule has 4 aromatic rings. The summed E-state index contributed by atoms with van der Waals surface area (Å²) in [5.41, 5.74) is 9.57. The van der Waals surface area contributed by atoms with E-state index in [1.165, 1.54) is 16.2 Å². The van der Waals surface area contributed by atoms with E-state index in [1.807, 2.05) is 25.1 Å². The Kier molecular flexibility index (Phi) is 11.0. The van der Waals surface area contributed by atoms with Gasteiger partial charge >= 0.3 is 10.4 Å². The van der Waals surface area contributed by atoms with Crippen LogP contribution in [0.25, 0.3) is 0 Å². The summed E-state index contributed by atoms with van der Waals surface area (Å²) >= 11 is 0. The summed E-state index contributed by atoms with van der Waals surface area (Å²) in [6.45, 7) is 12.6. The highest BCUT2D eigenvalue weighted by Crippen LogP contribution is 2.41. The monoisotopic (exact) mass is 752 g/mol. The number of aliphatic imine (C=N–C) groups is 2. The molecule has 0 saturated carbocycles. The molecule has 54 heavy (non-hydrogen) atoms.